The summed E-state index contributed by atoms with van der Waals surface area (Å²) in [6.45, 7) is 0.754. The number of nitrogens with zero attached hydrogens (tertiary/aromatic N) is 2. The summed E-state index contributed by atoms with van der Waals surface area (Å²) in [4.78, 5) is 17.6. The second-order valence-corrected chi connectivity index (χ2v) is 7.63. The number of benzene rings is 1. The normalized spacial score (nSPS) is 14.6. The third-order valence-corrected chi connectivity index (χ3v) is 5.42. The molecule has 0 saturated carbocycles. The van der Waals surface area contributed by atoms with Crippen molar-refractivity contribution in [3.8, 4) is 11.8 Å². The zero-order valence-electron chi connectivity index (χ0n) is 14.2. The first-order valence-electron chi connectivity index (χ1n) is 8.35. The van der Waals surface area contributed by atoms with Gasteiger partial charge in [0.1, 0.15) is 4.90 Å². The average Bonchev–Trinajstić information content (AvgIpc) is 2.67. The van der Waals surface area contributed by atoms with Crippen molar-refractivity contribution in [2.24, 2.45) is 0 Å². The minimum atomic E-state index is -3.60. The van der Waals surface area contributed by atoms with Crippen molar-refractivity contribution in [3.05, 3.63) is 54.4 Å². The van der Waals surface area contributed by atoms with E-state index in [-0.39, 0.29) is 17.3 Å². The lowest BCUT2D eigenvalue weighted by molar-refractivity contribution is -0.119. The molecule has 0 radical (unpaired) electrons. The van der Waals surface area contributed by atoms with Crippen molar-refractivity contribution < 1.29 is 13.2 Å². The summed E-state index contributed by atoms with van der Waals surface area (Å²) in [6, 6.07) is 10.4. The highest BCUT2D eigenvalue weighted by Gasteiger charge is 2.19. The van der Waals surface area contributed by atoms with Gasteiger partial charge in [-0.3, -0.25) is 9.78 Å². The van der Waals surface area contributed by atoms with Crippen LogP contribution in [0.1, 0.15) is 24.8 Å². The van der Waals surface area contributed by atoms with Gasteiger partial charge in [-0.2, -0.15) is 4.72 Å². The molecule has 3 rings (SSSR count). The van der Waals surface area contributed by atoms with Gasteiger partial charge in [0, 0.05) is 36.6 Å². The van der Waals surface area contributed by atoms with E-state index in [9.17, 15) is 13.2 Å². The van der Waals surface area contributed by atoms with Crippen LogP contribution in [0.5, 0.6) is 0 Å². The number of rotatable bonds is 4. The van der Waals surface area contributed by atoms with Crippen LogP contribution < -0.4 is 9.62 Å². The standard InChI is InChI=1S/C19H19N3O3S/c23-19-7-1-2-14-22(19)17-10-8-16(9-11-17)5-3-13-21-26(24,25)18-6-4-12-20-15-18/h4,6,8-12,15,21H,1-2,7,13-14H2. The van der Waals surface area contributed by atoms with Crippen molar-refractivity contribution >= 4 is 21.6 Å². The molecule has 1 amide bonds. The fourth-order valence-electron chi connectivity index (χ4n) is 2.67. The summed E-state index contributed by atoms with van der Waals surface area (Å²) < 4.78 is 26.5. The van der Waals surface area contributed by atoms with Crippen molar-refractivity contribution in [2.75, 3.05) is 18.0 Å². The number of carbonyl (C=O) groups is 1. The monoisotopic (exact) mass is 369 g/mol. The molecule has 0 aliphatic carbocycles. The second kappa shape index (κ2) is 8.13. The zero-order valence-corrected chi connectivity index (χ0v) is 15.0. The van der Waals surface area contributed by atoms with Gasteiger partial charge in [0.15, 0.2) is 0 Å². The molecule has 0 bridgehead atoms. The number of nitrogens with one attached hydrogen (secondary N) is 1. The fraction of sp³-hybridized carbons (Fsp3) is 0.263. The third kappa shape index (κ3) is 4.48. The number of hydrogen-bond donors (Lipinski definition) is 1. The maximum Gasteiger partial charge on any atom is 0.242 e. The molecular formula is C19H19N3O3S. The molecule has 7 heteroatoms. The smallest absolute Gasteiger partial charge is 0.242 e. The second-order valence-electron chi connectivity index (χ2n) is 5.86. The van der Waals surface area contributed by atoms with Crippen LogP contribution in [0.3, 0.4) is 0 Å². The van der Waals surface area contributed by atoms with Crippen LogP contribution in [0.2, 0.25) is 0 Å². The van der Waals surface area contributed by atoms with Crippen molar-refractivity contribution in [1.29, 1.82) is 0 Å². The van der Waals surface area contributed by atoms with E-state index in [1.54, 1.807) is 11.0 Å². The van der Waals surface area contributed by atoms with Crippen LogP contribution >= 0.6 is 0 Å². The predicted molar refractivity (Wildman–Crippen MR) is 98.9 cm³/mol. The number of pyridine rings is 1. The summed E-state index contributed by atoms with van der Waals surface area (Å²) in [5.41, 5.74) is 1.64. The maximum absolute atomic E-state index is 12.0. The fourth-order valence-corrected chi connectivity index (χ4v) is 3.56. The molecule has 2 heterocycles. The molecule has 1 fully saturated rings. The largest absolute Gasteiger partial charge is 0.312 e. The lowest BCUT2D eigenvalue weighted by Gasteiger charge is -2.26. The van der Waals surface area contributed by atoms with E-state index in [0.717, 1.165) is 30.6 Å². The van der Waals surface area contributed by atoms with Crippen LogP contribution in [0.15, 0.2) is 53.7 Å². The quantitative estimate of drug-likeness (QED) is 0.835. The lowest BCUT2D eigenvalue weighted by atomic mass is 10.1. The van der Waals surface area contributed by atoms with E-state index in [1.807, 2.05) is 24.3 Å². The Labute approximate surface area is 153 Å². The molecule has 0 spiro atoms. The van der Waals surface area contributed by atoms with Gasteiger partial charge in [-0.15, -0.1) is 0 Å². The van der Waals surface area contributed by atoms with Gasteiger partial charge in [0.2, 0.25) is 15.9 Å². The zero-order chi connectivity index (χ0) is 18.4. The highest BCUT2D eigenvalue weighted by Crippen LogP contribution is 2.21. The molecule has 0 atom stereocenters. The van der Waals surface area contributed by atoms with E-state index in [2.05, 4.69) is 21.5 Å². The minimum absolute atomic E-state index is 0.00356. The van der Waals surface area contributed by atoms with Crippen LogP contribution in [-0.4, -0.2) is 32.4 Å². The maximum atomic E-state index is 12.0. The van der Waals surface area contributed by atoms with Crippen LogP contribution in [0.25, 0.3) is 0 Å². The van der Waals surface area contributed by atoms with Crippen LogP contribution in [0, 0.1) is 11.8 Å². The Morgan fingerprint density at radius 3 is 2.65 bits per heavy atom. The van der Waals surface area contributed by atoms with Gasteiger partial charge in [-0.1, -0.05) is 11.8 Å². The highest BCUT2D eigenvalue weighted by molar-refractivity contribution is 7.89. The third-order valence-electron chi connectivity index (χ3n) is 4.03. The summed E-state index contributed by atoms with van der Waals surface area (Å²) in [7, 11) is -3.60. The van der Waals surface area contributed by atoms with E-state index >= 15 is 0 Å². The molecular weight excluding hydrogens is 350 g/mol. The topological polar surface area (TPSA) is 79.4 Å². The number of aromatic nitrogens is 1. The first kappa shape index (κ1) is 18.1. The number of hydrogen-bond acceptors (Lipinski definition) is 4. The summed E-state index contributed by atoms with van der Waals surface area (Å²) in [5, 5.41) is 0. The molecule has 1 N–H and O–H groups in total. The summed E-state index contributed by atoms with van der Waals surface area (Å²) in [5.74, 6) is 5.86. The molecule has 26 heavy (non-hydrogen) atoms. The van der Waals surface area contributed by atoms with Crippen LogP contribution in [-0.2, 0) is 14.8 Å². The van der Waals surface area contributed by atoms with Crippen molar-refractivity contribution in [3.63, 3.8) is 0 Å². The molecule has 1 saturated heterocycles. The molecule has 2 aromatic rings. The van der Waals surface area contributed by atoms with E-state index in [4.69, 9.17) is 0 Å². The van der Waals surface area contributed by atoms with Crippen molar-refractivity contribution in [2.45, 2.75) is 24.2 Å². The molecule has 0 unspecified atom stereocenters. The lowest BCUT2D eigenvalue weighted by Crippen LogP contribution is -2.35. The van der Waals surface area contributed by atoms with E-state index in [0.29, 0.717) is 6.42 Å². The Morgan fingerprint density at radius 2 is 1.96 bits per heavy atom. The molecule has 6 nitrogen and oxygen atoms in total. The average molecular weight is 369 g/mol. The molecule has 1 aliphatic rings. The molecule has 1 aromatic heterocycles. The summed E-state index contributed by atoms with van der Waals surface area (Å²) in [6.07, 6.45) is 5.37. The molecule has 1 aromatic carbocycles. The number of piperidine rings is 1. The molecule has 1 aliphatic heterocycles. The van der Waals surface area contributed by atoms with Gasteiger partial charge in [0.25, 0.3) is 0 Å². The minimum Gasteiger partial charge on any atom is -0.312 e. The molecule has 134 valence electrons. The Bertz CT molecular complexity index is 929. The van der Waals surface area contributed by atoms with Crippen molar-refractivity contribution in [1.82, 2.24) is 9.71 Å². The van der Waals surface area contributed by atoms with E-state index in [1.165, 1.54) is 18.5 Å². The van der Waals surface area contributed by atoms with Gasteiger partial charge < -0.3 is 4.90 Å². The Hall–Kier alpha value is -2.69. The Balaban J connectivity index is 1.59. The first-order chi connectivity index (χ1) is 12.6. The van der Waals surface area contributed by atoms with Gasteiger partial charge in [0.05, 0.1) is 6.54 Å². The Kier molecular flexibility index (Phi) is 5.66. The number of amides is 1. The number of sulfonamides is 1. The van der Waals surface area contributed by atoms with Crippen LogP contribution in [0.4, 0.5) is 5.69 Å². The Morgan fingerprint density at radius 1 is 1.15 bits per heavy atom. The van der Waals surface area contributed by atoms with Gasteiger partial charge >= 0.3 is 0 Å². The van der Waals surface area contributed by atoms with E-state index < -0.39 is 10.0 Å². The highest BCUT2D eigenvalue weighted by atomic mass is 32.2. The SMILES string of the molecule is O=C1CCCCN1c1ccc(C#CCNS(=O)(=O)c2cccnc2)cc1. The summed E-state index contributed by atoms with van der Waals surface area (Å²) >= 11 is 0. The van der Waals surface area contributed by atoms with Gasteiger partial charge in [-0.05, 0) is 49.2 Å². The number of anilines is 1. The predicted octanol–water partition coefficient (Wildman–Crippen LogP) is 1.93. The number of carbonyl (C=O) groups excluding carboxylic acids is 1. The first-order valence-corrected chi connectivity index (χ1v) is 9.83. The van der Waals surface area contributed by atoms with Gasteiger partial charge in [-0.25, -0.2) is 8.42 Å².